The molecule has 21 heavy (non-hydrogen) atoms. The Morgan fingerprint density at radius 3 is 2.81 bits per heavy atom. The normalized spacial score (nSPS) is 19.3. The van der Waals surface area contributed by atoms with Crippen LogP contribution in [-0.4, -0.2) is 36.7 Å². The zero-order valence-corrected chi connectivity index (χ0v) is 14.2. The molecule has 1 N–H and O–H groups in total. The highest BCUT2D eigenvalue weighted by atomic mass is 16.5. The summed E-state index contributed by atoms with van der Waals surface area (Å²) in [4.78, 5) is 2.44. The van der Waals surface area contributed by atoms with E-state index < -0.39 is 0 Å². The average Bonchev–Trinajstić information content (AvgIpc) is 2.72. The van der Waals surface area contributed by atoms with Crippen molar-refractivity contribution < 1.29 is 9.15 Å². The van der Waals surface area contributed by atoms with E-state index in [2.05, 4.69) is 50.9 Å². The van der Waals surface area contributed by atoms with Crippen LogP contribution in [0, 0.1) is 12.8 Å². The van der Waals surface area contributed by atoms with Crippen molar-refractivity contribution in [3.05, 3.63) is 23.2 Å². The van der Waals surface area contributed by atoms with Gasteiger partial charge in [-0.1, -0.05) is 13.8 Å². The van der Waals surface area contributed by atoms with Crippen LogP contribution in [0.5, 0.6) is 0 Å². The van der Waals surface area contributed by atoms with Crippen molar-refractivity contribution in [3.63, 3.8) is 0 Å². The van der Waals surface area contributed by atoms with Crippen LogP contribution in [-0.2, 0) is 17.8 Å². The first kappa shape index (κ1) is 16.5. The minimum absolute atomic E-state index is 0.0784. The molecule has 1 aliphatic rings. The molecule has 0 radical (unpaired) electrons. The van der Waals surface area contributed by atoms with Crippen molar-refractivity contribution in [2.45, 2.75) is 53.2 Å². The summed E-state index contributed by atoms with van der Waals surface area (Å²) in [5, 5.41) is 3.48. The third-order valence-electron chi connectivity index (χ3n) is 4.10. The van der Waals surface area contributed by atoms with Gasteiger partial charge in [0.1, 0.15) is 11.5 Å². The number of nitrogens with zero attached hydrogens (tertiary/aromatic N) is 1. The molecule has 120 valence electrons. The van der Waals surface area contributed by atoms with Crippen LogP contribution in [0.3, 0.4) is 0 Å². The van der Waals surface area contributed by atoms with Gasteiger partial charge in [-0.3, -0.25) is 4.90 Å². The van der Waals surface area contributed by atoms with Crippen LogP contribution in [0.1, 0.15) is 44.8 Å². The van der Waals surface area contributed by atoms with E-state index in [1.54, 1.807) is 0 Å². The van der Waals surface area contributed by atoms with Gasteiger partial charge in [0.15, 0.2) is 0 Å². The van der Waals surface area contributed by atoms with Crippen LogP contribution in [0.2, 0.25) is 0 Å². The van der Waals surface area contributed by atoms with Crippen molar-refractivity contribution in [2.24, 2.45) is 5.92 Å². The molecule has 0 spiro atoms. The summed E-state index contributed by atoms with van der Waals surface area (Å²) < 4.78 is 11.5. The number of hydrogen-bond donors (Lipinski definition) is 1. The highest BCUT2D eigenvalue weighted by molar-refractivity contribution is 5.21. The minimum atomic E-state index is 0.0784. The molecule has 1 fully saturated rings. The second kappa shape index (κ2) is 6.95. The van der Waals surface area contributed by atoms with Crippen LogP contribution in [0.25, 0.3) is 0 Å². The van der Waals surface area contributed by atoms with Gasteiger partial charge < -0.3 is 14.5 Å². The Bertz CT molecular complexity index is 452. The molecule has 0 saturated carbocycles. The highest BCUT2D eigenvalue weighted by Gasteiger charge is 2.31. The van der Waals surface area contributed by atoms with E-state index in [1.165, 1.54) is 5.56 Å². The first-order chi connectivity index (χ1) is 9.88. The molecule has 0 amide bonds. The van der Waals surface area contributed by atoms with Gasteiger partial charge in [0, 0.05) is 24.2 Å². The number of aryl methyl sites for hydroxylation is 1. The fourth-order valence-corrected chi connectivity index (χ4v) is 2.71. The predicted molar refractivity (Wildman–Crippen MR) is 85.3 cm³/mol. The highest BCUT2D eigenvalue weighted by Crippen LogP contribution is 2.23. The molecule has 1 aliphatic heterocycles. The second-order valence-corrected chi connectivity index (χ2v) is 7.11. The fourth-order valence-electron chi connectivity index (χ4n) is 2.71. The molecular weight excluding hydrogens is 264 g/mol. The number of morpholine rings is 1. The number of ether oxygens (including phenoxy) is 1. The van der Waals surface area contributed by atoms with E-state index in [-0.39, 0.29) is 5.54 Å². The molecule has 0 aliphatic carbocycles. The summed E-state index contributed by atoms with van der Waals surface area (Å²) in [5.74, 6) is 2.77. The van der Waals surface area contributed by atoms with Gasteiger partial charge in [-0.2, -0.15) is 0 Å². The summed E-state index contributed by atoms with van der Waals surface area (Å²) in [6, 6.07) is 2.20. The first-order valence-electron chi connectivity index (χ1n) is 8.00. The van der Waals surface area contributed by atoms with Crippen LogP contribution >= 0.6 is 0 Å². The number of hydrogen-bond acceptors (Lipinski definition) is 4. The average molecular weight is 294 g/mol. The van der Waals surface area contributed by atoms with Crippen molar-refractivity contribution >= 4 is 0 Å². The third-order valence-corrected chi connectivity index (χ3v) is 4.10. The lowest BCUT2D eigenvalue weighted by Crippen LogP contribution is -2.52. The minimum Gasteiger partial charge on any atom is -0.465 e. The van der Waals surface area contributed by atoms with E-state index in [1.807, 2.05) is 0 Å². The van der Waals surface area contributed by atoms with Gasteiger partial charge in [-0.05, 0) is 39.3 Å². The lowest BCUT2D eigenvalue weighted by atomic mass is 10.0. The fraction of sp³-hybridized carbons (Fsp3) is 0.765. The zero-order valence-electron chi connectivity index (χ0n) is 14.2. The topological polar surface area (TPSA) is 37.6 Å². The lowest BCUT2D eigenvalue weighted by Gasteiger charge is -2.41. The number of rotatable bonds is 6. The molecule has 2 rings (SSSR count). The third kappa shape index (κ3) is 4.56. The smallest absolute Gasteiger partial charge is 0.118 e. The van der Waals surface area contributed by atoms with Crippen LogP contribution in [0.4, 0.5) is 0 Å². The Balaban J connectivity index is 1.95. The molecule has 2 heterocycles. The Hall–Kier alpha value is -0.840. The maximum atomic E-state index is 5.95. The maximum absolute atomic E-state index is 5.95. The summed E-state index contributed by atoms with van der Waals surface area (Å²) in [6.45, 7) is 16.3. The molecule has 1 saturated heterocycles. The van der Waals surface area contributed by atoms with Gasteiger partial charge in [0.25, 0.3) is 0 Å². The Morgan fingerprint density at radius 1 is 1.38 bits per heavy atom. The molecular formula is C17H30N2O2. The Kier molecular flexibility index (Phi) is 5.47. The molecule has 4 heteroatoms. The summed E-state index contributed by atoms with van der Waals surface area (Å²) in [6.07, 6.45) is 0. The summed E-state index contributed by atoms with van der Waals surface area (Å²) in [5.41, 5.74) is 1.35. The second-order valence-electron chi connectivity index (χ2n) is 7.11. The quantitative estimate of drug-likeness (QED) is 0.875. The Labute approximate surface area is 128 Å². The molecule has 1 aromatic heterocycles. The molecule has 0 atom stereocenters. The SMILES string of the molecule is Cc1oc(CN2CCOCC2(C)C)cc1CNCC(C)C. The van der Waals surface area contributed by atoms with Crippen molar-refractivity contribution in [3.8, 4) is 0 Å². The van der Waals surface area contributed by atoms with E-state index in [0.29, 0.717) is 5.92 Å². The molecule has 0 aromatic carbocycles. The molecule has 0 bridgehead atoms. The van der Waals surface area contributed by atoms with E-state index in [0.717, 1.165) is 50.9 Å². The van der Waals surface area contributed by atoms with E-state index in [9.17, 15) is 0 Å². The van der Waals surface area contributed by atoms with Gasteiger partial charge in [0.05, 0.1) is 19.8 Å². The van der Waals surface area contributed by atoms with Crippen molar-refractivity contribution in [1.82, 2.24) is 10.2 Å². The standard InChI is InChI=1S/C17H30N2O2/c1-13(2)9-18-10-15-8-16(21-14(15)3)11-19-6-7-20-12-17(19,4)5/h8,13,18H,6-7,9-12H2,1-5H3. The first-order valence-corrected chi connectivity index (χ1v) is 8.00. The predicted octanol–water partition coefficient (Wildman–Crippen LogP) is 2.94. The maximum Gasteiger partial charge on any atom is 0.118 e. The molecule has 1 aromatic rings. The molecule has 0 unspecified atom stereocenters. The Morgan fingerprint density at radius 2 is 2.14 bits per heavy atom. The summed E-state index contributed by atoms with van der Waals surface area (Å²) in [7, 11) is 0. The van der Waals surface area contributed by atoms with E-state index >= 15 is 0 Å². The largest absolute Gasteiger partial charge is 0.465 e. The van der Waals surface area contributed by atoms with Gasteiger partial charge in [-0.25, -0.2) is 0 Å². The molecule has 4 nitrogen and oxygen atoms in total. The monoisotopic (exact) mass is 294 g/mol. The summed E-state index contributed by atoms with van der Waals surface area (Å²) >= 11 is 0. The van der Waals surface area contributed by atoms with Crippen LogP contribution in [0.15, 0.2) is 10.5 Å². The van der Waals surface area contributed by atoms with Gasteiger partial charge in [0.2, 0.25) is 0 Å². The van der Waals surface area contributed by atoms with Crippen LogP contribution < -0.4 is 5.32 Å². The van der Waals surface area contributed by atoms with Gasteiger partial charge in [-0.15, -0.1) is 0 Å². The van der Waals surface area contributed by atoms with E-state index in [4.69, 9.17) is 9.15 Å². The van der Waals surface area contributed by atoms with Gasteiger partial charge >= 0.3 is 0 Å². The number of furan rings is 1. The van der Waals surface area contributed by atoms with Crippen molar-refractivity contribution in [1.29, 1.82) is 0 Å². The van der Waals surface area contributed by atoms with Crippen molar-refractivity contribution in [2.75, 3.05) is 26.3 Å². The lowest BCUT2D eigenvalue weighted by molar-refractivity contribution is -0.0577. The number of nitrogens with one attached hydrogen (secondary N) is 1. The zero-order chi connectivity index (χ0) is 15.5.